The van der Waals surface area contributed by atoms with E-state index in [-0.39, 0.29) is 5.41 Å². The molecule has 3 nitrogen and oxygen atoms in total. The van der Waals surface area contributed by atoms with E-state index in [2.05, 4.69) is 42.4 Å². The van der Waals surface area contributed by atoms with Crippen molar-refractivity contribution in [3.8, 4) is 10.4 Å². The van der Waals surface area contributed by atoms with E-state index in [1.54, 1.807) is 11.3 Å². The zero-order valence-corrected chi connectivity index (χ0v) is 10.7. The molecule has 2 aromatic rings. The highest BCUT2D eigenvalue weighted by molar-refractivity contribution is 7.13. The van der Waals surface area contributed by atoms with Gasteiger partial charge < -0.3 is 5.73 Å². The Hall–Kier alpha value is -1.29. The van der Waals surface area contributed by atoms with Crippen LogP contribution < -0.4 is 5.73 Å². The maximum Gasteiger partial charge on any atom is 0.154 e. The van der Waals surface area contributed by atoms with Crippen molar-refractivity contribution in [2.24, 2.45) is 5.41 Å². The monoisotopic (exact) mass is 235 g/mol. The van der Waals surface area contributed by atoms with Crippen molar-refractivity contribution in [3.63, 3.8) is 0 Å². The predicted octanol–water partition coefficient (Wildman–Crippen LogP) is 3.31. The Morgan fingerprint density at radius 2 is 2.19 bits per heavy atom. The Labute approximate surface area is 99.7 Å². The average molecular weight is 235 g/mol. The van der Waals surface area contributed by atoms with Crippen LogP contribution in [0.25, 0.3) is 10.4 Å². The molecule has 0 saturated heterocycles. The van der Waals surface area contributed by atoms with Gasteiger partial charge in [0.2, 0.25) is 0 Å². The Balaban J connectivity index is 2.41. The number of hydrogen-bond acceptors (Lipinski definition) is 3. The fraction of sp³-hybridized carbons (Fsp3) is 0.417. The van der Waals surface area contributed by atoms with Crippen molar-refractivity contribution in [3.05, 3.63) is 23.2 Å². The Morgan fingerprint density at radius 1 is 1.44 bits per heavy atom. The van der Waals surface area contributed by atoms with Gasteiger partial charge in [0.25, 0.3) is 0 Å². The van der Waals surface area contributed by atoms with Gasteiger partial charge >= 0.3 is 0 Å². The van der Waals surface area contributed by atoms with E-state index in [4.69, 9.17) is 5.73 Å². The van der Waals surface area contributed by atoms with Gasteiger partial charge in [-0.3, -0.25) is 5.10 Å². The zero-order valence-electron chi connectivity index (χ0n) is 9.87. The van der Waals surface area contributed by atoms with Crippen LogP contribution in [0.2, 0.25) is 0 Å². The molecule has 0 spiro atoms. The maximum absolute atomic E-state index is 5.92. The number of rotatable bonds is 2. The van der Waals surface area contributed by atoms with Crippen LogP contribution >= 0.6 is 11.3 Å². The first-order chi connectivity index (χ1) is 7.47. The zero-order chi connectivity index (χ0) is 11.8. The number of nitrogens with zero attached hydrogens (tertiary/aromatic N) is 1. The van der Waals surface area contributed by atoms with E-state index < -0.39 is 0 Å². The van der Waals surface area contributed by atoms with Crippen LogP contribution in [-0.2, 0) is 6.42 Å². The molecule has 86 valence electrons. The smallest absolute Gasteiger partial charge is 0.154 e. The second kappa shape index (κ2) is 3.94. The molecule has 0 saturated carbocycles. The molecular weight excluding hydrogens is 218 g/mol. The molecule has 0 amide bonds. The van der Waals surface area contributed by atoms with Gasteiger partial charge in [-0.15, -0.1) is 11.3 Å². The highest BCUT2D eigenvalue weighted by Crippen LogP contribution is 2.34. The maximum atomic E-state index is 5.92. The van der Waals surface area contributed by atoms with Crippen LogP contribution in [0.15, 0.2) is 17.5 Å². The number of aromatic amines is 1. The van der Waals surface area contributed by atoms with Crippen molar-refractivity contribution in [2.45, 2.75) is 27.2 Å². The van der Waals surface area contributed by atoms with Crippen LogP contribution in [0.1, 0.15) is 26.5 Å². The first kappa shape index (κ1) is 11.2. The van der Waals surface area contributed by atoms with Crippen LogP contribution in [0.4, 0.5) is 5.82 Å². The summed E-state index contributed by atoms with van der Waals surface area (Å²) in [7, 11) is 0. The molecule has 0 atom stereocenters. The highest BCUT2D eigenvalue weighted by atomic mass is 32.1. The van der Waals surface area contributed by atoms with E-state index in [1.807, 2.05) is 6.07 Å². The third-order valence-electron chi connectivity index (χ3n) is 2.34. The number of H-pyrrole nitrogens is 1. The molecule has 0 radical (unpaired) electrons. The molecule has 0 aliphatic carbocycles. The molecular formula is C12H17N3S. The van der Waals surface area contributed by atoms with Crippen LogP contribution in [0.3, 0.4) is 0 Å². The van der Waals surface area contributed by atoms with Gasteiger partial charge in [-0.05, 0) is 23.3 Å². The number of nitrogen functional groups attached to an aromatic ring is 1. The summed E-state index contributed by atoms with van der Waals surface area (Å²) in [6, 6.07) is 4.12. The Bertz CT molecular complexity index is 463. The molecule has 0 aliphatic rings. The minimum Gasteiger partial charge on any atom is -0.382 e. The van der Waals surface area contributed by atoms with Gasteiger partial charge in [0.15, 0.2) is 5.82 Å². The molecule has 16 heavy (non-hydrogen) atoms. The molecule has 0 aliphatic heterocycles. The molecule has 0 unspecified atom stereocenters. The van der Waals surface area contributed by atoms with Gasteiger partial charge in [-0.25, -0.2) is 0 Å². The summed E-state index contributed by atoms with van der Waals surface area (Å²) in [5.74, 6) is 0.599. The lowest BCUT2D eigenvalue weighted by molar-refractivity contribution is 0.406. The van der Waals surface area contributed by atoms with Crippen molar-refractivity contribution >= 4 is 17.2 Å². The van der Waals surface area contributed by atoms with E-state index in [0.29, 0.717) is 5.82 Å². The van der Waals surface area contributed by atoms with Gasteiger partial charge in [0.05, 0.1) is 5.56 Å². The standard InChI is InChI=1S/C12H17N3S/c1-12(2,3)7-8-10(11(13)15-14-8)9-5-4-6-16-9/h4-6H,7H2,1-3H3,(H3,13,14,15). The van der Waals surface area contributed by atoms with Gasteiger partial charge in [0, 0.05) is 10.6 Å². The largest absolute Gasteiger partial charge is 0.382 e. The normalized spacial score (nSPS) is 11.9. The van der Waals surface area contributed by atoms with Crippen LogP contribution in [0, 0.1) is 5.41 Å². The predicted molar refractivity (Wildman–Crippen MR) is 69.5 cm³/mol. The number of hydrogen-bond donors (Lipinski definition) is 2. The summed E-state index contributed by atoms with van der Waals surface area (Å²) in [4.78, 5) is 1.19. The summed E-state index contributed by atoms with van der Waals surface area (Å²) >= 11 is 1.69. The summed E-state index contributed by atoms with van der Waals surface area (Å²) < 4.78 is 0. The minimum absolute atomic E-state index is 0.227. The number of anilines is 1. The van der Waals surface area contributed by atoms with Gasteiger partial charge in [0.1, 0.15) is 0 Å². The lowest BCUT2D eigenvalue weighted by atomic mass is 9.89. The lowest BCUT2D eigenvalue weighted by Gasteiger charge is -2.17. The first-order valence-corrected chi connectivity index (χ1v) is 6.22. The topological polar surface area (TPSA) is 54.7 Å². The minimum atomic E-state index is 0.227. The van der Waals surface area contributed by atoms with Crippen molar-refractivity contribution < 1.29 is 0 Å². The van der Waals surface area contributed by atoms with Gasteiger partial charge in [-0.2, -0.15) is 5.10 Å². The molecule has 0 aromatic carbocycles. The van der Waals surface area contributed by atoms with Crippen LogP contribution in [0.5, 0.6) is 0 Å². The number of nitrogens with one attached hydrogen (secondary N) is 1. The Kier molecular flexibility index (Phi) is 2.76. The van der Waals surface area contributed by atoms with E-state index in [9.17, 15) is 0 Å². The molecule has 2 heterocycles. The lowest BCUT2D eigenvalue weighted by Crippen LogP contribution is -2.10. The van der Waals surface area contributed by atoms with Crippen molar-refractivity contribution in [1.82, 2.24) is 10.2 Å². The molecule has 2 aromatic heterocycles. The number of aromatic nitrogens is 2. The summed E-state index contributed by atoms with van der Waals surface area (Å²) in [6.07, 6.45) is 0.949. The van der Waals surface area contributed by atoms with Crippen molar-refractivity contribution in [1.29, 1.82) is 0 Å². The molecule has 0 bridgehead atoms. The summed E-state index contributed by atoms with van der Waals surface area (Å²) in [5.41, 5.74) is 8.35. The third-order valence-corrected chi connectivity index (χ3v) is 3.23. The second-order valence-corrected chi connectivity index (χ2v) is 6.12. The molecule has 0 fully saturated rings. The second-order valence-electron chi connectivity index (χ2n) is 5.18. The SMILES string of the molecule is CC(C)(C)Cc1[nH]nc(N)c1-c1cccs1. The Morgan fingerprint density at radius 3 is 2.75 bits per heavy atom. The van der Waals surface area contributed by atoms with E-state index >= 15 is 0 Å². The van der Waals surface area contributed by atoms with Crippen molar-refractivity contribution in [2.75, 3.05) is 5.73 Å². The molecule has 3 N–H and O–H groups in total. The average Bonchev–Trinajstić information content (AvgIpc) is 2.73. The quantitative estimate of drug-likeness (QED) is 0.839. The van der Waals surface area contributed by atoms with E-state index in [0.717, 1.165) is 17.7 Å². The third kappa shape index (κ3) is 2.27. The number of thiophene rings is 1. The van der Waals surface area contributed by atoms with Gasteiger partial charge in [-0.1, -0.05) is 26.8 Å². The fourth-order valence-corrected chi connectivity index (χ4v) is 2.55. The number of nitrogens with two attached hydrogens (primary N) is 1. The first-order valence-electron chi connectivity index (χ1n) is 5.34. The molecule has 4 heteroatoms. The summed E-state index contributed by atoms with van der Waals surface area (Å²) in [6.45, 7) is 6.63. The van der Waals surface area contributed by atoms with E-state index in [1.165, 1.54) is 4.88 Å². The fourth-order valence-electron chi connectivity index (χ4n) is 1.75. The summed E-state index contributed by atoms with van der Waals surface area (Å²) in [5, 5.41) is 9.22. The molecule has 2 rings (SSSR count). The van der Waals surface area contributed by atoms with Crippen LogP contribution in [-0.4, -0.2) is 10.2 Å². The highest BCUT2D eigenvalue weighted by Gasteiger charge is 2.19.